The van der Waals surface area contributed by atoms with E-state index < -0.39 is 0 Å². The molecule has 25 heavy (non-hydrogen) atoms. The van der Waals surface area contributed by atoms with Crippen LogP contribution in [-0.2, 0) is 12.0 Å². The van der Waals surface area contributed by atoms with Crippen LogP contribution in [0.15, 0.2) is 42.5 Å². The van der Waals surface area contributed by atoms with E-state index in [-0.39, 0.29) is 11.3 Å². The highest BCUT2D eigenvalue weighted by Gasteiger charge is 2.19. The number of carbonyl (C=O) groups excluding carboxylic acids is 1. The molecule has 1 amide bonds. The van der Waals surface area contributed by atoms with Gasteiger partial charge in [-0.3, -0.25) is 4.79 Å². The fourth-order valence-electron chi connectivity index (χ4n) is 2.64. The molecular weight excluding hydrogens is 314 g/mol. The van der Waals surface area contributed by atoms with Crippen molar-refractivity contribution in [2.45, 2.75) is 39.7 Å². The minimum atomic E-state index is -0.126. The Kier molecular flexibility index (Phi) is 6.07. The van der Waals surface area contributed by atoms with Crippen LogP contribution in [0, 0.1) is 0 Å². The molecule has 0 fully saturated rings. The molecule has 4 nitrogen and oxygen atoms in total. The number of ether oxygens (including phenoxy) is 2. The van der Waals surface area contributed by atoms with Crippen molar-refractivity contribution < 1.29 is 14.3 Å². The molecule has 0 atom stereocenters. The van der Waals surface area contributed by atoms with Crippen LogP contribution in [0.1, 0.15) is 49.2 Å². The minimum Gasteiger partial charge on any atom is -0.493 e. The minimum absolute atomic E-state index is 0.0106. The molecule has 0 radical (unpaired) electrons. The molecule has 0 spiro atoms. The monoisotopic (exact) mass is 341 g/mol. The molecule has 2 rings (SSSR count). The first-order valence-electron chi connectivity index (χ1n) is 8.57. The maximum atomic E-state index is 11.9. The van der Waals surface area contributed by atoms with Crippen molar-refractivity contribution >= 4 is 5.91 Å². The van der Waals surface area contributed by atoms with Gasteiger partial charge in [-0.15, -0.1) is 0 Å². The van der Waals surface area contributed by atoms with Crippen LogP contribution < -0.4 is 14.8 Å². The first kappa shape index (κ1) is 18.8. The highest BCUT2D eigenvalue weighted by molar-refractivity contribution is 5.94. The highest BCUT2D eigenvalue weighted by atomic mass is 16.5. The number of rotatable bonds is 6. The number of carbonyl (C=O) groups is 1. The van der Waals surface area contributed by atoms with Gasteiger partial charge in [0, 0.05) is 18.2 Å². The predicted octanol–water partition coefficient (Wildman–Crippen LogP) is 4.32. The Bertz CT molecular complexity index is 732. The van der Waals surface area contributed by atoms with Crippen molar-refractivity contribution in [3.8, 4) is 11.5 Å². The molecule has 1 N–H and O–H groups in total. The molecular formula is C21H27NO3. The van der Waals surface area contributed by atoms with Crippen molar-refractivity contribution in [1.29, 1.82) is 0 Å². The summed E-state index contributed by atoms with van der Waals surface area (Å²) in [5.74, 6) is 1.46. The smallest absolute Gasteiger partial charge is 0.251 e. The van der Waals surface area contributed by atoms with Crippen LogP contribution in [-0.4, -0.2) is 19.6 Å². The van der Waals surface area contributed by atoms with Gasteiger partial charge >= 0.3 is 0 Å². The lowest BCUT2D eigenvalue weighted by Gasteiger charge is -2.23. The quantitative estimate of drug-likeness (QED) is 0.851. The number of benzene rings is 2. The summed E-state index contributed by atoms with van der Waals surface area (Å²) in [5, 5.41) is 2.64. The van der Waals surface area contributed by atoms with Crippen molar-refractivity contribution in [2.75, 3.05) is 13.7 Å². The molecule has 0 saturated heterocycles. The molecule has 0 bridgehead atoms. The normalized spacial score (nSPS) is 11.1. The SMILES string of the molecule is CCOc1ccc(C(=O)NC)cc1COc1ccccc1C(C)(C)C. The molecule has 0 saturated carbocycles. The lowest BCUT2D eigenvalue weighted by atomic mass is 9.86. The molecule has 0 aromatic heterocycles. The Morgan fingerprint density at radius 3 is 2.40 bits per heavy atom. The van der Waals surface area contributed by atoms with Crippen LogP contribution in [0.2, 0.25) is 0 Å². The Labute approximate surface area is 150 Å². The fourth-order valence-corrected chi connectivity index (χ4v) is 2.64. The van der Waals surface area contributed by atoms with E-state index in [9.17, 15) is 4.79 Å². The lowest BCUT2D eigenvalue weighted by Crippen LogP contribution is -2.18. The van der Waals surface area contributed by atoms with E-state index in [4.69, 9.17) is 9.47 Å². The summed E-state index contributed by atoms with van der Waals surface area (Å²) in [6.45, 7) is 9.32. The zero-order valence-electron chi connectivity index (χ0n) is 15.7. The predicted molar refractivity (Wildman–Crippen MR) is 100 cm³/mol. The maximum Gasteiger partial charge on any atom is 0.251 e. The molecule has 134 valence electrons. The molecule has 2 aromatic carbocycles. The summed E-state index contributed by atoms with van der Waals surface area (Å²) in [6.07, 6.45) is 0. The largest absolute Gasteiger partial charge is 0.493 e. The van der Waals surface area contributed by atoms with Gasteiger partial charge in [-0.25, -0.2) is 0 Å². The molecule has 4 heteroatoms. The van der Waals surface area contributed by atoms with Crippen LogP contribution >= 0.6 is 0 Å². The van der Waals surface area contributed by atoms with Crippen LogP contribution in [0.3, 0.4) is 0 Å². The van der Waals surface area contributed by atoms with Crippen LogP contribution in [0.4, 0.5) is 0 Å². The van der Waals surface area contributed by atoms with Gasteiger partial charge in [0.05, 0.1) is 6.61 Å². The third kappa shape index (κ3) is 4.75. The van der Waals surface area contributed by atoms with E-state index in [0.717, 1.165) is 22.6 Å². The number of hydrogen-bond donors (Lipinski definition) is 1. The molecule has 0 heterocycles. The fraction of sp³-hybridized carbons (Fsp3) is 0.381. The summed E-state index contributed by atoms with van der Waals surface area (Å²) < 4.78 is 11.8. The second-order valence-electron chi connectivity index (χ2n) is 6.87. The standard InChI is InChI=1S/C21H27NO3/c1-6-24-18-12-11-15(20(23)22-5)13-16(18)14-25-19-10-8-7-9-17(19)21(2,3)4/h7-13H,6,14H2,1-5H3,(H,22,23). The van der Waals surface area contributed by atoms with Gasteiger partial charge in [-0.1, -0.05) is 39.0 Å². The number of nitrogens with one attached hydrogen (secondary N) is 1. The topological polar surface area (TPSA) is 47.6 Å². The van der Waals surface area contributed by atoms with Gasteiger partial charge in [0.1, 0.15) is 18.1 Å². The van der Waals surface area contributed by atoms with Crippen LogP contribution in [0.25, 0.3) is 0 Å². The summed E-state index contributed by atoms with van der Waals surface area (Å²) in [6, 6.07) is 13.5. The summed E-state index contributed by atoms with van der Waals surface area (Å²) in [4.78, 5) is 11.9. The zero-order valence-corrected chi connectivity index (χ0v) is 15.7. The van der Waals surface area contributed by atoms with E-state index >= 15 is 0 Å². The second kappa shape index (κ2) is 8.06. The third-order valence-electron chi connectivity index (χ3n) is 3.93. The van der Waals surface area contributed by atoms with Gasteiger partial charge in [0.15, 0.2) is 0 Å². The van der Waals surface area contributed by atoms with E-state index in [2.05, 4.69) is 32.2 Å². The van der Waals surface area contributed by atoms with Crippen LogP contribution in [0.5, 0.6) is 11.5 Å². The molecule has 0 aliphatic carbocycles. The average Bonchev–Trinajstić information content (AvgIpc) is 2.59. The number of hydrogen-bond acceptors (Lipinski definition) is 3. The molecule has 0 aliphatic heterocycles. The van der Waals surface area contributed by atoms with E-state index in [0.29, 0.717) is 18.8 Å². The Balaban J connectivity index is 2.29. The van der Waals surface area contributed by atoms with Gasteiger partial charge in [-0.2, -0.15) is 0 Å². The van der Waals surface area contributed by atoms with E-state index in [1.54, 1.807) is 13.1 Å². The zero-order chi connectivity index (χ0) is 18.4. The van der Waals surface area contributed by atoms with Crippen molar-refractivity contribution in [3.63, 3.8) is 0 Å². The maximum absolute atomic E-state index is 11.9. The van der Waals surface area contributed by atoms with Gasteiger partial charge in [0.25, 0.3) is 5.91 Å². The van der Waals surface area contributed by atoms with E-state index in [1.165, 1.54) is 0 Å². The first-order chi connectivity index (χ1) is 11.9. The van der Waals surface area contributed by atoms with E-state index in [1.807, 2.05) is 37.3 Å². The van der Waals surface area contributed by atoms with Gasteiger partial charge in [-0.05, 0) is 42.2 Å². The third-order valence-corrected chi connectivity index (χ3v) is 3.93. The molecule has 2 aromatic rings. The summed E-state index contributed by atoms with van der Waals surface area (Å²) >= 11 is 0. The second-order valence-corrected chi connectivity index (χ2v) is 6.87. The highest BCUT2D eigenvalue weighted by Crippen LogP contribution is 2.32. The Hall–Kier alpha value is -2.49. The van der Waals surface area contributed by atoms with Crippen molar-refractivity contribution in [3.05, 3.63) is 59.2 Å². The summed E-state index contributed by atoms with van der Waals surface area (Å²) in [5.41, 5.74) is 2.58. The van der Waals surface area contributed by atoms with Crippen molar-refractivity contribution in [1.82, 2.24) is 5.32 Å². The average molecular weight is 341 g/mol. The first-order valence-corrected chi connectivity index (χ1v) is 8.57. The number of amides is 1. The lowest BCUT2D eigenvalue weighted by molar-refractivity contribution is 0.0963. The molecule has 0 unspecified atom stereocenters. The Morgan fingerprint density at radius 2 is 1.76 bits per heavy atom. The van der Waals surface area contributed by atoms with Gasteiger partial charge < -0.3 is 14.8 Å². The van der Waals surface area contributed by atoms with Gasteiger partial charge in [0.2, 0.25) is 0 Å². The molecule has 0 aliphatic rings. The Morgan fingerprint density at radius 1 is 1.04 bits per heavy atom. The summed E-state index contributed by atoms with van der Waals surface area (Å²) in [7, 11) is 1.62. The van der Waals surface area contributed by atoms with Crippen molar-refractivity contribution in [2.24, 2.45) is 0 Å². The number of para-hydroxylation sites is 1.